The molecule has 9 heteroatoms. The second kappa shape index (κ2) is 6.60. The summed E-state index contributed by atoms with van der Waals surface area (Å²) in [4.78, 5) is 13.0. The quantitative estimate of drug-likeness (QED) is 0.578. The smallest absolute Gasteiger partial charge is 0.235 e. The van der Waals surface area contributed by atoms with Crippen LogP contribution in [0.25, 0.3) is 28.1 Å². The number of imidazole rings is 1. The number of nitrogens with zero attached hydrogens (tertiary/aromatic N) is 6. The maximum atomic E-state index is 5.93. The molecule has 27 heavy (non-hydrogen) atoms. The average molecular weight is 365 g/mol. The van der Waals surface area contributed by atoms with E-state index in [4.69, 9.17) is 15.2 Å². The Bertz CT molecular complexity index is 1120. The first kappa shape index (κ1) is 16.8. The number of anilines is 1. The maximum Gasteiger partial charge on any atom is 0.235 e. The Balaban J connectivity index is 2.01. The van der Waals surface area contributed by atoms with Gasteiger partial charge in [0, 0.05) is 29.9 Å². The molecule has 0 fully saturated rings. The first-order valence-corrected chi connectivity index (χ1v) is 8.40. The van der Waals surface area contributed by atoms with Gasteiger partial charge in [-0.2, -0.15) is 14.8 Å². The molecule has 0 aliphatic heterocycles. The molecule has 3 heterocycles. The van der Waals surface area contributed by atoms with E-state index in [0.29, 0.717) is 18.2 Å². The molecule has 0 radical (unpaired) electrons. The van der Waals surface area contributed by atoms with Gasteiger partial charge in [0.2, 0.25) is 11.9 Å². The van der Waals surface area contributed by atoms with Crippen LogP contribution in [-0.4, -0.2) is 43.5 Å². The number of hydrogen-bond donors (Lipinski definition) is 1. The zero-order valence-corrected chi connectivity index (χ0v) is 15.2. The first-order valence-electron chi connectivity index (χ1n) is 8.40. The maximum absolute atomic E-state index is 5.93. The fraction of sp³-hybridized carbons (Fsp3) is 0.222. The van der Waals surface area contributed by atoms with Gasteiger partial charge in [-0.25, -0.2) is 4.98 Å². The average Bonchev–Trinajstić information content (AvgIpc) is 3.29. The number of methoxy groups -OCH3 is 2. The molecule has 1 aromatic carbocycles. The van der Waals surface area contributed by atoms with Crippen molar-refractivity contribution >= 4 is 17.0 Å². The summed E-state index contributed by atoms with van der Waals surface area (Å²) < 4.78 is 14.4. The number of fused-ring (bicyclic) bond motifs is 1. The third kappa shape index (κ3) is 2.64. The minimum atomic E-state index is 0.275. The fourth-order valence-corrected chi connectivity index (χ4v) is 3.16. The number of benzene rings is 1. The molecule has 0 aliphatic rings. The van der Waals surface area contributed by atoms with E-state index in [1.165, 1.54) is 11.0 Å². The number of nitrogens with two attached hydrogens (primary N) is 1. The minimum absolute atomic E-state index is 0.275. The summed E-state index contributed by atoms with van der Waals surface area (Å²) in [5.41, 5.74) is 9.37. The van der Waals surface area contributed by atoms with Gasteiger partial charge in [-0.05, 0) is 19.1 Å². The van der Waals surface area contributed by atoms with Crippen LogP contribution < -0.4 is 15.2 Å². The Labute approximate surface area is 155 Å². The highest BCUT2D eigenvalue weighted by Gasteiger charge is 2.20. The summed E-state index contributed by atoms with van der Waals surface area (Å²) in [6.07, 6.45) is 4.92. The van der Waals surface area contributed by atoms with E-state index < -0.39 is 0 Å². The van der Waals surface area contributed by atoms with Gasteiger partial charge in [0.15, 0.2) is 0 Å². The Morgan fingerprint density at radius 1 is 1.11 bits per heavy atom. The Morgan fingerprint density at radius 2 is 1.96 bits per heavy atom. The van der Waals surface area contributed by atoms with Crippen molar-refractivity contribution in [1.29, 1.82) is 0 Å². The summed E-state index contributed by atoms with van der Waals surface area (Å²) >= 11 is 0. The van der Waals surface area contributed by atoms with E-state index in [9.17, 15) is 0 Å². The van der Waals surface area contributed by atoms with Gasteiger partial charge in [-0.3, -0.25) is 4.98 Å². The number of rotatable bonds is 5. The van der Waals surface area contributed by atoms with Crippen LogP contribution >= 0.6 is 0 Å². The van der Waals surface area contributed by atoms with Gasteiger partial charge in [-0.1, -0.05) is 0 Å². The third-order valence-electron chi connectivity index (χ3n) is 4.41. The largest absolute Gasteiger partial charge is 0.497 e. The molecule has 3 aromatic heterocycles. The van der Waals surface area contributed by atoms with Gasteiger partial charge in [0.25, 0.3) is 0 Å². The van der Waals surface area contributed by atoms with E-state index in [1.807, 2.05) is 29.7 Å². The van der Waals surface area contributed by atoms with E-state index in [2.05, 4.69) is 20.1 Å². The number of pyridine rings is 1. The standard InChI is InChI=1S/C18H19N7O2/c1-4-24-16-13(12-6-5-11(26-2)7-15(12)27-3)8-20-9-14(16)23-18(24)25-17(19)21-10-22-25/h5-10H,4H2,1-3H3,(H2,19,21,22). The number of nitrogen functional groups attached to an aromatic ring is 1. The molecule has 138 valence electrons. The van der Waals surface area contributed by atoms with Crippen molar-refractivity contribution in [3.8, 4) is 28.6 Å². The molecular weight excluding hydrogens is 346 g/mol. The highest BCUT2D eigenvalue weighted by molar-refractivity contribution is 5.94. The fourth-order valence-electron chi connectivity index (χ4n) is 3.16. The van der Waals surface area contributed by atoms with Crippen LogP contribution in [0.3, 0.4) is 0 Å². The summed E-state index contributed by atoms with van der Waals surface area (Å²) in [7, 11) is 3.25. The monoisotopic (exact) mass is 365 g/mol. The first-order chi connectivity index (χ1) is 13.2. The number of aromatic nitrogens is 6. The molecule has 4 aromatic rings. The van der Waals surface area contributed by atoms with Crippen molar-refractivity contribution in [2.75, 3.05) is 20.0 Å². The van der Waals surface area contributed by atoms with E-state index >= 15 is 0 Å². The van der Waals surface area contributed by atoms with Gasteiger partial charge in [0.05, 0.1) is 25.9 Å². The summed E-state index contributed by atoms with van der Waals surface area (Å²) in [6.45, 7) is 2.70. The molecule has 0 spiro atoms. The summed E-state index contributed by atoms with van der Waals surface area (Å²) in [6, 6.07) is 5.68. The van der Waals surface area contributed by atoms with E-state index in [0.717, 1.165) is 27.9 Å². The van der Waals surface area contributed by atoms with Crippen molar-refractivity contribution < 1.29 is 9.47 Å². The Hall–Kier alpha value is -3.62. The van der Waals surface area contributed by atoms with Gasteiger partial charge >= 0.3 is 0 Å². The van der Waals surface area contributed by atoms with Crippen LogP contribution in [0, 0.1) is 0 Å². The lowest BCUT2D eigenvalue weighted by atomic mass is 10.0. The normalized spacial score (nSPS) is 11.1. The van der Waals surface area contributed by atoms with Crippen molar-refractivity contribution in [3.05, 3.63) is 36.9 Å². The van der Waals surface area contributed by atoms with Crippen molar-refractivity contribution in [2.24, 2.45) is 0 Å². The lowest BCUT2D eigenvalue weighted by Crippen LogP contribution is -2.10. The number of aryl methyl sites for hydroxylation is 1. The second-order valence-electron chi connectivity index (χ2n) is 5.81. The highest BCUT2D eigenvalue weighted by atomic mass is 16.5. The molecule has 0 atom stereocenters. The van der Waals surface area contributed by atoms with Crippen LogP contribution in [0.5, 0.6) is 11.5 Å². The molecule has 0 bridgehead atoms. The summed E-state index contributed by atoms with van der Waals surface area (Å²) in [5.74, 6) is 2.27. The van der Waals surface area contributed by atoms with Crippen LogP contribution in [0.2, 0.25) is 0 Å². The highest BCUT2D eigenvalue weighted by Crippen LogP contribution is 2.37. The van der Waals surface area contributed by atoms with Crippen molar-refractivity contribution in [2.45, 2.75) is 13.5 Å². The van der Waals surface area contributed by atoms with Gasteiger partial charge in [0.1, 0.15) is 23.3 Å². The van der Waals surface area contributed by atoms with Gasteiger partial charge < -0.3 is 19.8 Å². The molecule has 0 amide bonds. The van der Waals surface area contributed by atoms with Gasteiger partial charge in [-0.15, -0.1) is 0 Å². The lowest BCUT2D eigenvalue weighted by molar-refractivity contribution is 0.395. The molecule has 0 saturated carbocycles. The number of ether oxygens (including phenoxy) is 2. The molecule has 0 unspecified atom stereocenters. The Morgan fingerprint density at radius 3 is 2.63 bits per heavy atom. The summed E-state index contributed by atoms with van der Waals surface area (Å²) in [5, 5.41) is 4.18. The lowest BCUT2D eigenvalue weighted by Gasteiger charge is -2.13. The van der Waals surface area contributed by atoms with Crippen LogP contribution in [-0.2, 0) is 6.54 Å². The van der Waals surface area contributed by atoms with E-state index in [1.54, 1.807) is 26.6 Å². The van der Waals surface area contributed by atoms with Crippen LogP contribution in [0.1, 0.15) is 6.92 Å². The molecule has 2 N–H and O–H groups in total. The zero-order valence-electron chi connectivity index (χ0n) is 15.2. The van der Waals surface area contributed by atoms with Crippen molar-refractivity contribution in [3.63, 3.8) is 0 Å². The SMILES string of the molecule is CCn1c(-n2ncnc2N)nc2cncc(-c3ccc(OC)cc3OC)c21. The molecular formula is C18H19N7O2. The zero-order chi connectivity index (χ0) is 19.0. The molecule has 9 nitrogen and oxygen atoms in total. The predicted molar refractivity (Wildman–Crippen MR) is 101 cm³/mol. The Kier molecular flexibility index (Phi) is 4.11. The topological polar surface area (TPSA) is 106 Å². The molecule has 0 saturated heterocycles. The van der Waals surface area contributed by atoms with E-state index in [-0.39, 0.29) is 5.95 Å². The molecule has 0 aliphatic carbocycles. The third-order valence-corrected chi connectivity index (χ3v) is 4.41. The number of hydrogen-bond acceptors (Lipinski definition) is 7. The van der Waals surface area contributed by atoms with Crippen molar-refractivity contribution in [1.82, 2.24) is 29.3 Å². The predicted octanol–water partition coefficient (Wildman–Crippen LogP) is 2.30. The van der Waals surface area contributed by atoms with Crippen LogP contribution in [0.15, 0.2) is 36.9 Å². The van der Waals surface area contributed by atoms with Crippen LogP contribution in [0.4, 0.5) is 5.95 Å². The molecule has 4 rings (SSSR count). The second-order valence-corrected chi connectivity index (χ2v) is 5.81. The minimum Gasteiger partial charge on any atom is -0.497 e.